The van der Waals surface area contributed by atoms with Crippen molar-refractivity contribution in [3.8, 4) is 11.1 Å². The lowest BCUT2D eigenvalue weighted by molar-refractivity contribution is -0.117. The van der Waals surface area contributed by atoms with Gasteiger partial charge in [0.15, 0.2) is 0 Å². The molecule has 1 aromatic carbocycles. The quantitative estimate of drug-likeness (QED) is 0.932. The molecule has 120 valence electrons. The number of rotatable bonds is 4. The van der Waals surface area contributed by atoms with E-state index in [1.54, 1.807) is 29.3 Å². The molecule has 0 spiro atoms. The highest BCUT2D eigenvalue weighted by atomic mass is 35.5. The van der Waals surface area contributed by atoms with Crippen molar-refractivity contribution in [2.45, 2.75) is 5.60 Å². The zero-order valence-corrected chi connectivity index (χ0v) is 13.5. The van der Waals surface area contributed by atoms with Crippen LogP contribution in [-0.4, -0.2) is 53.3 Å². The number of carbonyl (C=O) groups excluding carboxylic acids is 1. The Balaban J connectivity index is 1.75. The summed E-state index contributed by atoms with van der Waals surface area (Å²) in [4.78, 5) is 18.2. The van der Waals surface area contributed by atoms with Crippen molar-refractivity contribution in [3.63, 3.8) is 0 Å². The summed E-state index contributed by atoms with van der Waals surface area (Å²) in [5, 5.41) is 10.7. The van der Waals surface area contributed by atoms with Crippen molar-refractivity contribution in [1.29, 1.82) is 0 Å². The fourth-order valence-electron chi connectivity index (χ4n) is 2.71. The third-order valence-electron chi connectivity index (χ3n) is 3.83. The maximum absolute atomic E-state index is 12.5. The molecule has 1 N–H and O–H groups in total. The minimum absolute atomic E-state index is 0.144. The van der Waals surface area contributed by atoms with Gasteiger partial charge >= 0.3 is 0 Å². The molecule has 0 bridgehead atoms. The van der Waals surface area contributed by atoms with Gasteiger partial charge in [0.25, 0.3) is 5.91 Å². The molecule has 3 rings (SSSR count). The number of aromatic nitrogens is 1. The van der Waals surface area contributed by atoms with Gasteiger partial charge in [0, 0.05) is 30.1 Å². The summed E-state index contributed by atoms with van der Waals surface area (Å²) < 4.78 is 4.96. The highest BCUT2D eigenvalue weighted by Gasteiger charge is 2.43. The van der Waals surface area contributed by atoms with E-state index in [1.807, 2.05) is 12.1 Å². The van der Waals surface area contributed by atoms with E-state index in [4.69, 9.17) is 16.3 Å². The van der Waals surface area contributed by atoms with Gasteiger partial charge < -0.3 is 14.7 Å². The Morgan fingerprint density at radius 2 is 2.00 bits per heavy atom. The topological polar surface area (TPSA) is 62.7 Å². The third kappa shape index (κ3) is 3.37. The smallest absolute Gasteiger partial charge is 0.255 e. The third-order valence-corrected chi connectivity index (χ3v) is 4.09. The minimum Gasteiger partial charge on any atom is -0.384 e. The summed E-state index contributed by atoms with van der Waals surface area (Å²) in [5.41, 5.74) is 1.35. The summed E-state index contributed by atoms with van der Waals surface area (Å²) in [6.45, 7) is 0.759. The van der Waals surface area contributed by atoms with Crippen LogP contribution < -0.4 is 0 Å². The predicted molar refractivity (Wildman–Crippen MR) is 87.4 cm³/mol. The Bertz CT molecular complexity index is 712. The van der Waals surface area contributed by atoms with Gasteiger partial charge in [-0.25, -0.2) is 0 Å². The van der Waals surface area contributed by atoms with Gasteiger partial charge in [0.2, 0.25) is 0 Å². The van der Waals surface area contributed by atoms with E-state index in [1.165, 1.54) is 13.3 Å². The van der Waals surface area contributed by atoms with Crippen molar-refractivity contribution in [2.24, 2.45) is 0 Å². The van der Waals surface area contributed by atoms with Gasteiger partial charge in [-0.3, -0.25) is 9.78 Å². The van der Waals surface area contributed by atoms with Crippen LogP contribution in [0, 0.1) is 0 Å². The van der Waals surface area contributed by atoms with Crippen LogP contribution in [0.5, 0.6) is 0 Å². The van der Waals surface area contributed by atoms with Crippen molar-refractivity contribution < 1.29 is 14.6 Å². The summed E-state index contributed by atoms with van der Waals surface area (Å²) in [5.74, 6) is -0.144. The molecule has 1 saturated heterocycles. The Morgan fingerprint density at radius 1 is 1.30 bits per heavy atom. The number of nitrogens with zero attached hydrogens (tertiary/aromatic N) is 2. The largest absolute Gasteiger partial charge is 0.384 e. The number of benzene rings is 1. The zero-order valence-electron chi connectivity index (χ0n) is 12.7. The average Bonchev–Trinajstić information content (AvgIpc) is 2.53. The number of pyridine rings is 1. The molecule has 1 aliphatic heterocycles. The first kappa shape index (κ1) is 15.9. The Labute approximate surface area is 139 Å². The molecular formula is C17H17ClN2O3. The molecule has 2 heterocycles. The van der Waals surface area contributed by atoms with Crippen molar-refractivity contribution in [2.75, 3.05) is 26.8 Å². The summed E-state index contributed by atoms with van der Waals surface area (Å²) in [6.07, 6.45) is 3.24. The fourth-order valence-corrected chi connectivity index (χ4v) is 2.83. The molecule has 6 heteroatoms. The molecule has 2 aromatic rings. The summed E-state index contributed by atoms with van der Waals surface area (Å²) in [6, 6.07) is 9.16. The van der Waals surface area contributed by atoms with Crippen LogP contribution >= 0.6 is 11.6 Å². The Kier molecular flexibility index (Phi) is 4.35. The van der Waals surface area contributed by atoms with E-state index >= 15 is 0 Å². The lowest BCUT2D eigenvalue weighted by Gasteiger charge is -2.45. The summed E-state index contributed by atoms with van der Waals surface area (Å²) in [7, 11) is 1.53. The van der Waals surface area contributed by atoms with E-state index < -0.39 is 5.60 Å². The number of aliphatic hydroxyl groups is 1. The molecule has 1 aliphatic rings. The van der Waals surface area contributed by atoms with Crippen LogP contribution in [0.4, 0.5) is 0 Å². The maximum Gasteiger partial charge on any atom is 0.255 e. The van der Waals surface area contributed by atoms with Crippen LogP contribution in [0.15, 0.2) is 42.7 Å². The molecule has 0 radical (unpaired) electrons. The molecule has 1 amide bonds. The van der Waals surface area contributed by atoms with Gasteiger partial charge in [-0.15, -0.1) is 0 Å². The second-order valence-corrected chi connectivity index (χ2v) is 6.22. The number of hydrogen-bond donors (Lipinski definition) is 1. The van der Waals surface area contributed by atoms with Gasteiger partial charge in [-0.1, -0.05) is 23.7 Å². The number of likely N-dealkylation sites (tertiary alicyclic amines) is 1. The summed E-state index contributed by atoms with van der Waals surface area (Å²) >= 11 is 5.89. The lowest BCUT2D eigenvalue weighted by atomic mass is 9.94. The molecule has 1 fully saturated rings. The maximum atomic E-state index is 12.5. The van der Waals surface area contributed by atoms with Crippen molar-refractivity contribution >= 4 is 17.5 Å². The van der Waals surface area contributed by atoms with Gasteiger partial charge in [0.1, 0.15) is 5.60 Å². The van der Waals surface area contributed by atoms with Crippen LogP contribution in [0.1, 0.15) is 10.4 Å². The second-order valence-electron chi connectivity index (χ2n) is 5.79. The van der Waals surface area contributed by atoms with Crippen LogP contribution in [0.3, 0.4) is 0 Å². The zero-order chi connectivity index (χ0) is 16.4. The highest BCUT2D eigenvalue weighted by molar-refractivity contribution is 6.30. The van der Waals surface area contributed by atoms with Crippen LogP contribution in [0.25, 0.3) is 11.1 Å². The predicted octanol–water partition coefficient (Wildman–Crippen LogP) is 2.24. The monoisotopic (exact) mass is 332 g/mol. The highest BCUT2D eigenvalue weighted by Crippen LogP contribution is 2.25. The van der Waals surface area contributed by atoms with Gasteiger partial charge in [-0.2, -0.15) is 0 Å². The molecule has 5 nitrogen and oxygen atoms in total. The first-order valence-electron chi connectivity index (χ1n) is 7.22. The number of hydrogen-bond acceptors (Lipinski definition) is 4. The lowest BCUT2D eigenvalue weighted by Crippen LogP contribution is -2.65. The molecule has 0 atom stereocenters. The number of ether oxygens (including phenoxy) is 1. The number of carbonyl (C=O) groups is 1. The standard InChI is InChI=1S/C17H17ClN2O3/c1-23-11-17(22)9-20(10-17)16(21)14-6-13(7-19-8-14)12-2-4-15(18)5-3-12/h2-8,22H,9-11H2,1H3. The van der Waals surface area contributed by atoms with E-state index in [0.717, 1.165) is 11.1 Å². The first-order valence-corrected chi connectivity index (χ1v) is 7.60. The minimum atomic E-state index is -0.939. The van der Waals surface area contributed by atoms with E-state index in [9.17, 15) is 9.90 Å². The number of methoxy groups -OCH3 is 1. The Morgan fingerprint density at radius 3 is 2.65 bits per heavy atom. The molecular weight excluding hydrogens is 316 g/mol. The molecule has 0 aliphatic carbocycles. The fraction of sp³-hybridized carbons (Fsp3) is 0.294. The molecule has 1 aromatic heterocycles. The SMILES string of the molecule is COCC1(O)CN(C(=O)c2cncc(-c3ccc(Cl)cc3)c2)C1. The molecule has 0 unspecified atom stereocenters. The molecule has 23 heavy (non-hydrogen) atoms. The average molecular weight is 333 g/mol. The van der Waals surface area contributed by atoms with Crippen LogP contribution in [0.2, 0.25) is 5.02 Å². The first-order chi connectivity index (χ1) is 11.0. The second kappa shape index (κ2) is 6.28. The van der Waals surface area contributed by atoms with Gasteiger partial charge in [0.05, 0.1) is 25.3 Å². The number of amides is 1. The number of halogens is 1. The van der Waals surface area contributed by atoms with Gasteiger partial charge in [-0.05, 0) is 23.8 Å². The normalized spacial score (nSPS) is 16.0. The number of β-amino-alcohol motifs (C(OH)–C–C–N with tert-alkyl or cyclic N) is 1. The van der Waals surface area contributed by atoms with E-state index in [-0.39, 0.29) is 25.6 Å². The Hall–Kier alpha value is -1.95. The molecule has 0 saturated carbocycles. The van der Waals surface area contributed by atoms with E-state index in [2.05, 4.69) is 4.98 Å². The van der Waals surface area contributed by atoms with E-state index in [0.29, 0.717) is 10.6 Å². The van der Waals surface area contributed by atoms with Crippen molar-refractivity contribution in [3.05, 3.63) is 53.3 Å². The van der Waals surface area contributed by atoms with Crippen LogP contribution in [-0.2, 0) is 4.74 Å². The van der Waals surface area contributed by atoms with Crippen molar-refractivity contribution in [1.82, 2.24) is 9.88 Å².